The highest BCUT2D eigenvalue weighted by Crippen LogP contribution is 2.31. The van der Waals surface area contributed by atoms with Crippen LogP contribution in [0.5, 0.6) is 5.75 Å². The molecule has 0 saturated heterocycles. The third-order valence-electron chi connectivity index (χ3n) is 5.33. The van der Waals surface area contributed by atoms with E-state index in [1.807, 2.05) is 56.2 Å². The fraction of sp³-hybridized carbons (Fsp3) is 0.160. The summed E-state index contributed by atoms with van der Waals surface area (Å²) in [5.74, 6) is 1.61. The minimum absolute atomic E-state index is 0.198. The topological polar surface area (TPSA) is 107 Å². The molecular weight excluding hydrogens is 526 g/mol. The zero-order valence-corrected chi connectivity index (χ0v) is 21.4. The quantitative estimate of drug-likeness (QED) is 0.373. The number of halogens is 1. The van der Waals surface area contributed by atoms with Gasteiger partial charge in [0.05, 0.1) is 11.9 Å². The molecule has 2 aromatic carbocycles. The number of rotatable bonds is 5. The van der Waals surface area contributed by atoms with Crippen molar-refractivity contribution in [1.29, 1.82) is 0 Å². The van der Waals surface area contributed by atoms with E-state index in [2.05, 4.69) is 42.1 Å². The summed E-state index contributed by atoms with van der Waals surface area (Å²) in [7, 11) is 0. The van der Waals surface area contributed by atoms with Crippen molar-refractivity contribution in [2.75, 3.05) is 15.6 Å². The van der Waals surface area contributed by atoms with Crippen LogP contribution in [-0.4, -0.2) is 22.6 Å². The van der Waals surface area contributed by atoms with Gasteiger partial charge in [-0.2, -0.15) is 5.06 Å². The first-order valence-corrected chi connectivity index (χ1v) is 11.9. The van der Waals surface area contributed by atoms with Gasteiger partial charge in [0.2, 0.25) is 0 Å². The Kier molecular flexibility index (Phi) is 6.15. The molecule has 0 atom stereocenters. The molecule has 2 amide bonds. The van der Waals surface area contributed by atoms with Gasteiger partial charge in [-0.15, -0.1) is 0 Å². The predicted octanol–water partition coefficient (Wildman–Crippen LogP) is 5.72. The van der Waals surface area contributed by atoms with E-state index in [4.69, 9.17) is 9.36 Å². The molecule has 0 aliphatic carbocycles. The van der Waals surface area contributed by atoms with Crippen molar-refractivity contribution in [3.8, 4) is 5.75 Å². The van der Waals surface area contributed by atoms with Crippen LogP contribution in [0.25, 0.3) is 0 Å². The number of carbonyl (C=O) groups is 1. The number of fused-ring (bicyclic) bond motifs is 1. The van der Waals surface area contributed by atoms with Gasteiger partial charge in [-0.05, 0) is 48.5 Å². The highest BCUT2D eigenvalue weighted by atomic mass is 79.9. The summed E-state index contributed by atoms with van der Waals surface area (Å²) in [4.78, 5) is 22.7. The average molecular weight is 550 g/mol. The van der Waals surface area contributed by atoms with E-state index in [9.17, 15) is 4.79 Å². The molecule has 1 aromatic heterocycles. The molecule has 0 spiro atoms. The second kappa shape index (κ2) is 9.42. The Balaban J connectivity index is 1.19. The summed E-state index contributed by atoms with van der Waals surface area (Å²) in [5.41, 5.74) is 6.23. The normalized spacial score (nSPS) is 14.6. The lowest BCUT2D eigenvalue weighted by Gasteiger charge is -2.27. The number of anilines is 3. The Bertz CT molecular complexity index is 1360. The molecule has 5 rings (SSSR count). The highest BCUT2D eigenvalue weighted by Gasteiger charge is 2.29. The van der Waals surface area contributed by atoms with Crippen LogP contribution >= 0.6 is 15.9 Å². The summed E-state index contributed by atoms with van der Waals surface area (Å²) < 4.78 is 6.29. The van der Waals surface area contributed by atoms with Gasteiger partial charge in [0, 0.05) is 27.8 Å². The van der Waals surface area contributed by atoms with Gasteiger partial charge in [-0.3, -0.25) is 15.8 Å². The largest absolute Gasteiger partial charge is 0.374 e. The Hall–Kier alpha value is -4.25. The number of aliphatic imine (C=N–C) groups is 1. The van der Waals surface area contributed by atoms with E-state index >= 15 is 0 Å². The number of nitrogens with zero attached hydrogens (tertiary/aromatic N) is 4. The van der Waals surface area contributed by atoms with Gasteiger partial charge in [0.25, 0.3) is 0 Å². The molecule has 2 aliphatic rings. The molecule has 11 heteroatoms. The molecule has 0 saturated carbocycles. The van der Waals surface area contributed by atoms with Gasteiger partial charge >= 0.3 is 6.03 Å². The van der Waals surface area contributed by atoms with E-state index in [1.165, 1.54) is 0 Å². The van der Waals surface area contributed by atoms with Crippen molar-refractivity contribution >= 4 is 45.5 Å². The first-order chi connectivity index (χ1) is 17.3. The summed E-state index contributed by atoms with van der Waals surface area (Å²) in [6, 6.07) is 16.2. The minimum Gasteiger partial charge on any atom is -0.374 e. The lowest BCUT2D eigenvalue weighted by molar-refractivity contribution is 0.0649. The van der Waals surface area contributed by atoms with Crippen molar-refractivity contribution in [2.45, 2.75) is 26.2 Å². The standard InChI is InChI=1S/C25H24BrN7O3/c1-25(2,3)22-12-23(31-35-22)30-24(34)29-17-6-10-19(11-7-17)36-32-15-27-13-21-20(32)14-28-33(21)18-8-4-16(26)5-9-18/h4-15,28H,1-3H3,(H2,29,30,31,34). The van der Waals surface area contributed by atoms with Gasteiger partial charge in [0.15, 0.2) is 11.6 Å². The molecular formula is C25H24BrN7O3. The Morgan fingerprint density at radius 1 is 1.06 bits per heavy atom. The SMILES string of the molecule is CC(C)(C)c1cc(NC(=O)Nc2ccc(ON3C=NC=C4C3=CNN4c3ccc(Br)cc3)cc2)no1. The molecule has 0 unspecified atom stereocenters. The summed E-state index contributed by atoms with van der Waals surface area (Å²) >= 11 is 3.46. The Labute approximate surface area is 216 Å². The smallest absolute Gasteiger partial charge is 0.324 e. The predicted molar refractivity (Wildman–Crippen MR) is 141 cm³/mol. The average Bonchev–Trinajstić information content (AvgIpc) is 3.49. The third kappa shape index (κ3) is 5.05. The molecule has 3 heterocycles. The maximum absolute atomic E-state index is 12.3. The lowest BCUT2D eigenvalue weighted by atomic mass is 9.93. The Morgan fingerprint density at radius 3 is 2.50 bits per heavy atom. The summed E-state index contributed by atoms with van der Waals surface area (Å²) in [6.07, 6.45) is 5.19. The maximum Gasteiger partial charge on any atom is 0.324 e. The fourth-order valence-corrected chi connectivity index (χ4v) is 3.73. The first kappa shape index (κ1) is 23.5. The van der Waals surface area contributed by atoms with Crippen LogP contribution in [0.3, 0.4) is 0 Å². The monoisotopic (exact) mass is 549 g/mol. The molecule has 0 bridgehead atoms. The van der Waals surface area contributed by atoms with Gasteiger partial charge in [0.1, 0.15) is 23.5 Å². The molecule has 0 fully saturated rings. The zero-order valence-electron chi connectivity index (χ0n) is 19.8. The van der Waals surface area contributed by atoms with Crippen molar-refractivity contribution in [3.63, 3.8) is 0 Å². The molecule has 3 N–H and O–H groups in total. The van der Waals surface area contributed by atoms with Crippen molar-refractivity contribution in [2.24, 2.45) is 4.99 Å². The summed E-state index contributed by atoms with van der Waals surface area (Å²) in [5, 5.41) is 12.8. The number of hydrogen-bond acceptors (Lipinski definition) is 8. The van der Waals surface area contributed by atoms with Crippen molar-refractivity contribution in [3.05, 3.63) is 88.6 Å². The number of urea groups is 1. The fourth-order valence-electron chi connectivity index (χ4n) is 3.47. The van der Waals surface area contributed by atoms with E-state index < -0.39 is 6.03 Å². The van der Waals surface area contributed by atoms with Gasteiger partial charge in [-0.1, -0.05) is 41.9 Å². The zero-order chi connectivity index (χ0) is 25.3. The molecule has 10 nitrogen and oxygen atoms in total. The molecule has 184 valence electrons. The van der Waals surface area contributed by atoms with E-state index in [0.29, 0.717) is 23.0 Å². The third-order valence-corrected chi connectivity index (χ3v) is 5.86. The van der Waals surface area contributed by atoms with Crippen LogP contribution in [0.2, 0.25) is 0 Å². The van der Waals surface area contributed by atoms with Crippen molar-refractivity contribution < 1.29 is 14.2 Å². The lowest BCUT2D eigenvalue weighted by Crippen LogP contribution is -2.33. The number of hydrazine groups is 1. The number of aromatic nitrogens is 1. The Morgan fingerprint density at radius 2 is 1.81 bits per heavy atom. The number of benzene rings is 2. The van der Waals surface area contributed by atoms with Crippen LogP contribution in [0, 0.1) is 0 Å². The number of amides is 2. The number of nitrogens with one attached hydrogen (secondary N) is 3. The van der Waals surface area contributed by atoms with E-state index in [0.717, 1.165) is 21.6 Å². The van der Waals surface area contributed by atoms with Crippen LogP contribution in [0.15, 0.2) is 92.4 Å². The van der Waals surface area contributed by atoms with Crippen molar-refractivity contribution in [1.82, 2.24) is 15.6 Å². The molecule has 36 heavy (non-hydrogen) atoms. The first-order valence-electron chi connectivity index (χ1n) is 11.1. The highest BCUT2D eigenvalue weighted by molar-refractivity contribution is 9.10. The van der Waals surface area contributed by atoms with Crippen LogP contribution in [0.4, 0.5) is 22.0 Å². The number of carbonyl (C=O) groups excluding carboxylic acids is 1. The molecule has 0 radical (unpaired) electrons. The van der Waals surface area contributed by atoms with E-state index in [1.54, 1.807) is 47.9 Å². The van der Waals surface area contributed by atoms with Crippen LogP contribution in [0.1, 0.15) is 26.5 Å². The molecule has 3 aromatic rings. The van der Waals surface area contributed by atoms with Crippen LogP contribution in [-0.2, 0) is 5.41 Å². The summed E-state index contributed by atoms with van der Waals surface area (Å²) in [6.45, 7) is 6.02. The van der Waals surface area contributed by atoms with Crippen LogP contribution < -0.4 is 25.9 Å². The van der Waals surface area contributed by atoms with Gasteiger partial charge in [-0.25, -0.2) is 9.79 Å². The second-order valence-corrected chi connectivity index (χ2v) is 10.0. The molecule has 2 aliphatic heterocycles. The number of hydroxylamine groups is 2. The second-order valence-electron chi connectivity index (χ2n) is 9.10. The number of hydrogen-bond donors (Lipinski definition) is 3. The van der Waals surface area contributed by atoms with Gasteiger partial charge < -0.3 is 14.7 Å². The van der Waals surface area contributed by atoms with E-state index in [-0.39, 0.29) is 5.41 Å². The minimum atomic E-state index is -0.425. The maximum atomic E-state index is 12.3.